The lowest BCUT2D eigenvalue weighted by atomic mass is 9.73. The van der Waals surface area contributed by atoms with Crippen molar-refractivity contribution in [1.29, 1.82) is 0 Å². The molecular formula is C33H53ClN4O5S. The van der Waals surface area contributed by atoms with E-state index in [1.807, 2.05) is 12.1 Å². The van der Waals surface area contributed by atoms with E-state index in [1.54, 1.807) is 11.4 Å². The molecule has 1 aliphatic carbocycles. The monoisotopic (exact) mass is 652 g/mol. The van der Waals surface area contributed by atoms with Gasteiger partial charge in [-0.25, -0.2) is 8.42 Å². The number of carbonyl (C=O) groups excluding carboxylic acids is 1. The second-order valence-electron chi connectivity index (χ2n) is 14.0. The van der Waals surface area contributed by atoms with E-state index in [-0.39, 0.29) is 47.2 Å². The minimum Gasteiger partial charge on any atom is -0.383 e. The van der Waals surface area contributed by atoms with Gasteiger partial charge in [-0.1, -0.05) is 30.2 Å². The number of nitrogens with one attached hydrogen (secondary N) is 3. The quantitative estimate of drug-likeness (QED) is 0.292. The van der Waals surface area contributed by atoms with Crippen LogP contribution in [0.4, 0.5) is 0 Å². The fourth-order valence-electron chi connectivity index (χ4n) is 8.20. The molecule has 5 rings (SSSR count). The third kappa shape index (κ3) is 8.55. The van der Waals surface area contributed by atoms with E-state index in [0.717, 1.165) is 63.4 Å². The molecular weight excluding hydrogens is 600 g/mol. The zero-order chi connectivity index (χ0) is 31.3. The maximum absolute atomic E-state index is 14.3. The number of amides is 1. The number of halogens is 1. The van der Waals surface area contributed by atoms with Crippen LogP contribution in [0.2, 0.25) is 5.02 Å². The molecule has 1 aromatic carbocycles. The van der Waals surface area contributed by atoms with Gasteiger partial charge in [0.1, 0.15) is 0 Å². The number of nitrogens with zero attached hydrogens (tertiary/aromatic N) is 1. The lowest BCUT2D eigenvalue weighted by Gasteiger charge is -2.42. The summed E-state index contributed by atoms with van der Waals surface area (Å²) >= 11 is 6.29. The Labute approximate surface area is 269 Å². The number of fused-ring (bicyclic) bond motifs is 2. The average molecular weight is 653 g/mol. The van der Waals surface area contributed by atoms with Gasteiger partial charge in [0.15, 0.2) is 0 Å². The first kappa shape index (κ1) is 34.1. The maximum Gasteiger partial charge on any atom is 0.238 e. The topological polar surface area (TPSA) is 109 Å². The van der Waals surface area contributed by atoms with Gasteiger partial charge in [0.05, 0.1) is 24.0 Å². The predicted molar refractivity (Wildman–Crippen MR) is 174 cm³/mol. The standard InChI is InChI=1S/C33H53ClN4O5S/c1-33(2)20-25(15-17-43-33)30(24-9-12-26(34)13-10-24)31(35-16-18-42-3)32(39)37-29-8-4-6-23(29)11-14-28-21-36-27-7-5-19-44(40,41)38(28)22-27/h9-10,12-13,23,25,27-31,35-36H,4-8,11,14-22H2,1-3H3,(H,37,39). The van der Waals surface area contributed by atoms with E-state index < -0.39 is 16.1 Å². The number of methoxy groups -OCH3 is 1. The van der Waals surface area contributed by atoms with Crippen molar-refractivity contribution >= 4 is 27.5 Å². The van der Waals surface area contributed by atoms with Crippen molar-refractivity contribution in [3.8, 4) is 0 Å². The molecule has 3 aliphatic heterocycles. The summed E-state index contributed by atoms with van der Waals surface area (Å²) in [6.45, 7) is 7.31. The smallest absolute Gasteiger partial charge is 0.238 e. The van der Waals surface area contributed by atoms with Crippen LogP contribution in [0.15, 0.2) is 24.3 Å². The zero-order valence-electron chi connectivity index (χ0n) is 26.7. The number of carbonyl (C=O) groups is 1. The van der Waals surface area contributed by atoms with E-state index in [2.05, 4.69) is 41.9 Å². The summed E-state index contributed by atoms with van der Waals surface area (Å²) < 4.78 is 39.2. The van der Waals surface area contributed by atoms with Gasteiger partial charge < -0.3 is 25.4 Å². The number of piperazine rings is 1. The normalized spacial score (nSPS) is 32.8. The van der Waals surface area contributed by atoms with Gasteiger partial charge >= 0.3 is 0 Å². The van der Waals surface area contributed by atoms with Crippen molar-refractivity contribution in [3.63, 3.8) is 0 Å². The molecule has 2 bridgehead atoms. The third-order valence-corrected chi connectivity index (χ3v) is 12.6. The van der Waals surface area contributed by atoms with Gasteiger partial charge in [-0.15, -0.1) is 0 Å². The zero-order valence-corrected chi connectivity index (χ0v) is 28.3. The summed E-state index contributed by atoms with van der Waals surface area (Å²) in [6.07, 6.45) is 8.18. The number of rotatable bonds is 12. The highest BCUT2D eigenvalue weighted by Gasteiger charge is 2.42. The summed E-state index contributed by atoms with van der Waals surface area (Å²) in [6, 6.07) is 7.85. The maximum atomic E-state index is 14.3. The molecule has 11 heteroatoms. The van der Waals surface area contributed by atoms with Gasteiger partial charge in [-0.2, -0.15) is 4.31 Å². The number of ether oxygens (including phenoxy) is 2. The van der Waals surface area contributed by atoms with E-state index in [1.165, 1.54) is 0 Å². The minimum absolute atomic E-state index is 0.0130. The molecule has 3 saturated heterocycles. The molecule has 4 aliphatic rings. The van der Waals surface area contributed by atoms with Crippen LogP contribution in [0, 0.1) is 11.8 Å². The molecule has 248 valence electrons. The summed E-state index contributed by atoms with van der Waals surface area (Å²) in [5.74, 6) is 0.812. The Balaban J connectivity index is 1.30. The fraction of sp³-hybridized carbons (Fsp3) is 0.788. The first-order valence-corrected chi connectivity index (χ1v) is 18.7. The van der Waals surface area contributed by atoms with Gasteiger partial charge in [0, 0.05) is 62.4 Å². The van der Waals surface area contributed by atoms with Crippen molar-refractivity contribution in [3.05, 3.63) is 34.9 Å². The van der Waals surface area contributed by atoms with E-state index in [0.29, 0.717) is 43.8 Å². The molecule has 0 spiro atoms. The lowest BCUT2D eigenvalue weighted by Crippen LogP contribution is -2.57. The largest absolute Gasteiger partial charge is 0.383 e. The highest BCUT2D eigenvalue weighted by atomic mass is 35.5. The van der Waals surface area contributed by atoms with Crippen LogP contribution < -0.4 is 16.0 Å². The Kier molecular flexibility index (Phi) is 11.7. The van der Waals surface area contributed by atoms with Crippen LogP contribution in [0.25, 0.3) is 0 Å². The fourth-order valence-corrected chi connectivity index (χ4v) is 10.1. The van der Waals surface area contributed by atoms with E-state index in [4.69, 9.17) is 21.1 Å². The predicted octanol–water partition coefficient (Wildman–Crippen LogP) is 4.06. The van der Waals surface area contributed by atoms with Crippen LogP contribution >= 0.6 is 11.6 Å². The number of hydrogen-bond donors (Lipinski definition) is 3. The number of sulfonamides is 1. The first-order chi connectivity index (χ1) is 21.1. The summed E-state index contributed by atoms with van der Waals surface area (Å²) in [5, 5.41) is 11.3. The van der Waals surface area contributed by atoms with E-state index in [9.17, 15) is 13.2 Å². The van der Waals surface area contributed by atoms with Crippen LogP contribution in [-0.4, -0.2) is 94.1 Å². The molecule has 3 heterocycles. The SMILES string of the molecule is COCCNC(C(=O)NC1CCCC1CCC1CNC2CCCS(=O)(=O)N1C2)C(c1ccc(Cl)cc1)C1CCOC(C)(C)C1. The Hall–Kier alpha value is -1.27. The Morgan fingerprint density at radius 2 is 1.95 bits per heavy atom. The molecule has 4 fully saturated rings. The third-order valence-electron chi connectivity index (χ3n) is 10.4. The van der Waals surface area contributed by atoms with Gasteiger partial charge in [0.25, 0.3) is 0 Å². The summed E-state index contributed by atoms with van der Waals surface area (Å²) in [5.41, 5.74) is 0.846. The molecule has 8 unspecified atom stereocenters. The molecule has 8 atom stereocenters. The van der Waals surface area contributed by atoms with Crippen LogP contribution in [0.3, 0.4) is 0 Å². The van der Waals surface area contributed by atoms with Crippen molar-refractivity contribution in [1.82, 2.24) is 20.3 Å². The molecule has 1 amide bonds. The first-order valence-electron chi connectivity index (χ1n) is 16.7. The van der Waals surface area contributed by atoms with Gasteiger partial charge in [-0.05, 0) is 94.7 Å². The van der Waals surface area contributed by atoms with Crippen molar-refractivity contribution in [2.75, 3.05) is 45.7 Å². The van der Waals surface area contributed by atoms with Crippen LogP contribution in [0.5, 0.6) is 0 Å². The second-order valence-corrected chi connectivity index (χ2v) is 16.5. The van der Waals surface area contributed by atoms with Crippen molar-refractivity contribution < 1.29 is 22.7 Å². The van der Waals surface area contributed by atoms with Crippen molar-refractivity contribution in [2.24, 2.45) is 11.8 Å². The summed E-state index contributed by atoms with van der Waals surface area (Å²) in [4.78, 5) is 14.3. The van der Waals surface area contributed by atoms with Crippen LogP contribution in [0.1, 0.15) is 83.1 Å². The van der Waals surface area contributed by atoms with E-state index >= 15 is 0 Å². The van der Waals surface area contributed by atoms with Crippen molar-refractivity contribution in [2.45, 2.75) is 107 Å². The highest BCUT2D eigenvalue weighted by molar-refractivity contribution is 7.89. The molecule has 1 saturated carbocycles. The van der Waals surface area contributed by atoms with Crippen LogP contribution in [-0.2, 0) is 24.3 Å². The second kappa shape index (κ2) is 15.1. The average Bonchev–Trinajstić information content (AvgIpc) is 3.38. The lowest BCUT2D eigenvalue weighted by molar-refractivity contribution is -0.126. The molecule has 0 radical (unpaired) electrons. The molecule has 9 nitrogen and oxygen atoms in total. The van der Waals surface area contributed by atoms with Gasteiger partial charge in [-0.3, -0.25) is 4.79 Å². The Morgan fingerprint density at radius 1 is 1.16 bits per heavy atom. The summed E-state index contributed by atoms with van der Waals surface area (Å²) in [7, 11) is -1.53. The highest BCUT2D eigenvalue weighted by Crippen LogP contribution is 2.41. The van der Waals surface area contributed by atoms with Gasteiger partial charge in [0.2, 0.25) is 15.9 Å². The number of hydrogen-bond acceptors (Lipinski definition) is 7. The number of benzene rings is 1. The molecule has 0 aromatic heterocycles. The molecule has 3 N–H and O–H groups in total. The molecule has 44 heavy (non-hydrogen) atoms. The Morgan fingerprint density at radius 3 is 2.70 bits per heavy atom. The Bertz CT molecular complexity index is 1200. The minimum atomic E-state index is -3.21. The molecule has 1 aromatic rings.